The summed E-state index contributed by atoms with van der Waals surface area (Å²) in [6.07, 6.45) is 4.68. The summed E-state index contributed by atoms with van der Waals surface area (Å²) in [6.45, 7) is 3.69. The van der Waals surface area contributed by atoms with E-state index >= 15 is 0 Å². The average Bonchev–Trinajstić information content (AvgIpc) is 2.99. The van der Waals surface area contributed by atoms with Gasteiger partial charge in [0.05, 0.1) is 0 Å². The van der Waals surface area contributed by atoms with Crippen LogP contribution in [0, 0.1) is 17.6 Å². The van der Waals surface area contributed by atoms with Crippen LogP contribution in [0.2, 0.25) is 0 Å². The zero-order valence-corrected chi connectivity index (χ0v) is 14.2. The van der Waals surface area contributed by atoms with Crippen molar-refractivity contribution in [3.05, 3.63) is 35.4 Å². The van der Waals surface area contributed by atoms with E-state index < -0.39 is 11.6 Å². The van der Waals surface area contributed by atoms with Crippen molar-refractivity contribution >= 4 is 24.8 Å². The fourth-order valence-corrected chi connectivity index (χ4v) is 3.73. The van der Waals surface area contributed by atoms with Crippen LogP contribution in [-0.4, -0.2) is 31.1 Å². The molecule has 0 radical (unpaired) electrons. The topological polar surface area (TPSA) is 15.3 Å². The minimum absolute atomic E-state index is 0. The summed E-state index contributed by atoms with van der Waals surface area (Å²) in [5.74, 6) is -0.909. The number of hydrogen-bond donors (Lipinski definition) is 1. The summed E-state index contributed by atoms with van der Waals surface area (Å²) in [5.41, 5.74) is 0.554. The number of rotatable bonds is 3. The van der Waals surface area contributed by atoms with E-state index in [1.165, 1.54) is 18.9 Å². The molecular formula is C16H24Cl2F2N2. The quantitative estimate of drug-likeness (QED) is 0.885. The van der Waals surface area contributed by atoms with Crippen LogP contribution in [0.4, 0.5) is 8.78 Å². The van der Waals surface area contributed by atoms with Crippen molar-refractivity contribution in [1.82, 2.24) is 10.2 Å². The second-order valence-corrected chi connectivity index (χ2v) is 5.92. The van der Waals surface area contributed by atoms with Crippen molar-refractivity contribution in [3.8, 4) is 0 Å². The Kier molecular flexibility index (Phi) is 8.04. The lowest BCUT2D eigenvalue weighted by Crippen LogP contribution is -2.47. The van der Waals surface area contributed by atoms with Gasteiger partial charge in [0.15, 0.2) is 11.6 Å². The monoisotopic (exact) mass is 352 g/mol. The summed E-state index contributed by atoms with van der Waals surface area (Å²) >= 11 is 0. The zero-order valence-electron chi connectivity index (χ0n) is 12.6. The Morgan fingerprint density at radius 1 is 1.05 bits per heavy atom. The van der Waals surface area contributed by atoms with Gasteiger partial charge in [-0.05, 0) is 24.8 Å². The van der Waals surface area contributed by atoms with Gasteiger partial charge < -0.3 is 5.32 Å². The molecule has 2 aliphatic rings. The van der Waals surface area contributed by atoms with E-state index in [-0.39, 0.29) is 30.9 Å². The number of nitrogens with one attached hydrogen (secondary N) is 1. The number of piperazine rings is 1. The molecule has 1 heterocycles. The van der Waals surface area contributed by atoms with E-state index in [0.717, 1.165) is 39.0 Å². The Morgan fingerprint density at radius 3 is 2.32 bits per heavy atom. The van der Waals surface area contributed by atoms with E-state index in [1.54, 1.807) is 12.1 Å². The summed E-state index contributed by atoms with van der Waals surface area (Å²) in [5, 5.41) is 3.33. The highest BCUT2D eigenvalue weighted by Crippen LogP contribution is 2.40. The first-order valence-electron chi connectivity index (χ1n) is 7.66. The van der Waals surface area contributed by atoms with Crippen LogP contribution >= 0.6 is 24.8 Å². The number of halogens is 4. The Bertz CT molecular complexity index is 461. The van der Waals surface area contributed by atoms with Crippen LogP contribution in [0.3, 0.4) is 0 Å². The largest absolute Gasteiger partial charge is 0.314 e. The van der Waals surface area contributed by atoms with Crippen molar-refractivity contribution in [1.29, 1.82) is 0 Å². The van der Waals surface area contributed by atoms with Gasteiger partial charge >= 0.3 is 0 Å². The summed E-state index contributed by atoms with van der Waals surface area (Å²) < 4.78 is 27.8. The fourth-order valence-electron chi connectivity index (χ4n) is 3.73. The Morgan fingerprint density at radius 2 is 1.68 bits per heavy atom. The van der Waals surface area contributed by atoms with Gasteiger partial charge in [-0.15, -0.1) is 24.8 Å². The molecule has 1 aromatic rings. The molecule has 1 aliphatic carbocycles. The molecule has 2 fully saturated rings. The molecule has 0 spiro atoms. The van der Waals surface area contributed by atoms with Gasteiger partial charge in [-0.1, -0.05) is 25.0 Å². The summed E-state index contributed by atoms with van der Waals surface area (Å²) in [6, 6.07) is 4.65. The van der Waals surface area contributed by atoms with Crippen molar-refractivity contribution in [2.24, 2.45) is 5.92 Å². The Labute approximate surface area is 143 Å². The van der Waals surface area contributed by atoms with E-state index in [4.69, 9.17) is 0 Å². The Balaban J connectivity index is 0.00000121. The third-order valence-corrected chi connectivity index (χ3v) is 4.69. The minimum Gasteiger partial charge on any atom is -0.314 e. The molecule has 22 heavy (non-hydrogen) atoms. The predicted octanol–water partition coefficient (Wildman–Crippen LogP) is 3.94. The van der Waals surface area contributed by atoms with E-state index in [9.17, 15) is 8.78 Å². The molecule has 1 saturated carbocycles. The molecule has 1 atom stereocenters. The number of nitrogens with zero attached hydrogens (tertiary/aromatic N) is 1. The molecule has 126 valence electrons. The molecule has 2 nitrogen and oxygen atoms in total. The van der Waals surface area contributed by atoms with Crippen LogP contribution < -0.4 is 5.32 Å². The number of hydrogen-bond acceptors (Lipinski definition) is 2. The lowest BCUT2D eigenvalue weighted by molar-refractivity contribution is 0.122. The predicted molar refractivity (Wildman–Crippen MR) is 90.0 cm³/mol. The van der Waals surface area contributed by atoms with Crippen LogP contribution in [0.1, 0.15) is 37.3 Å². The molecule has 1 saturated heterocycles. The van der Waals surface area contributed by atoms with Crippen molar-refractivity contribution in [3.63, 3.8) is 0 Å². The van der Waals surface area contributed by atoms with Crippen LogP contribution in [0.5, 0.6) is 0 Å². The maximum atomic E-state index is 14.2. The highest BCUT2D eigenvalue weighted by molar-refractivity contribution is 5.85. The molecule has 0 aromatic heterocycles. The average molecular weight is 353 g/mol. The summed E-state index contributed by atoms with van der Waals surface area (Å²) in [4.78, 5) is 2.34. The molecule has 1 aromatic carbocycles. The van der Waals surface area contributed by atoms with Crippen molar-refractivity contribution in [2.45, 2.75) is 31.7 Å². The SMILES string of the molecule is Cl.Cl.Fc1cccc([C@@H](C2CCCC2)N2CCNCC2)c1F. The zero-order chi connectivity index (χ0) is 13.9. The standard InChI is InChI=1S/C16H22F2N2.2ClH/c17-14-7-3-6-13(15(14)18)16(12-4-1-2-5-12)20-10-8-19-9-11-20;;/h3,6-7,12,16,19H,1-2,4-5,8-11H2;2*1H/t16-;;/m1../s1. The van der Waals surface area contributed by atoms with Gasteiger partial charge in [0.2, 0.25) is 0 Å². The molecule has 0 amide bonds. The lowest BCUT2D eigenvalue weighted by Gasteiger charge is -2.38. The van der Waals surface area contributed by atoms with Gasteiger partial charge in [0.1, 0.15) is 0 Å². The molecular weight excluding hydrogens is 329 g/mol. The molecule has 0 unspecified atom stereocenters. The maximum Gasteiger partial charge on any atom is 0.163 e. The third-order valence-electron chi connectivity index (χ3n) is 4.69. The second-order valence-electron chi connectivity index (χ2n) is 5.92. The molecule has 0 bridgehead atoms. The van der Waals surface area contributed by atoms with Crippen LogP contribution in [-0.2, 0) is 0 Å². The third kappa shape index (κ3) is 4.10. The fraction of sp³-hybridized carbons (Fsp3) is 0.625. The molecule has 3 rings (SSSR count). The molecule has 1 N–H and O–H groups in total. The normalized spacial score (nSPS) is 21.0. The maximum absolute atomic E-state index is 14.2. The first-order valence-corrected chi connectivity index (χ1v) is 7.66. The van der Waals surface area contributed by atoms with Gasteiger partial charge in [-0.25, -0.2) is 8.78 Å². The van der Waals surface area contributed by atoms with E-state index in [1.807, 2.05) is 0 Å². The minimum atomic E-state index is -0.722. The van der Waals surface area contributed by atoms with Gasteiger partial charge in [-0.2, -0.15) is 0 Å². The highest BCUT2D eigenvalue weighted by atomic mass is 35.5. The van der Waals surface area contributed by atoms with Crippen LogP contribution in [0.25, 0.3) is 0 Å². The van der Waals surface area contributed by atoms with Gasteiger partial charge in [0, 0.05) is 37.8 Å². The number of benzene rings is 1. The summed E-state index contributed by atoms with van der Waals surface area (Å²) in [7, 11) is 0. The molecule has 1 aliphatic heterocycles. The lowest BCUT2D eigenvalue weighted by atomic mass is 9.89. The van der Waals surface area contributed by atoms with Crippen LogP contribution in [0.15, 0.2) is 18.2 Å². The first-order chi connectivity index (χ1) is 9.77. The smallest absolute Gasteiger partial charge is 0.163 e. The highest BCUT2D eigenvalue weighted by Gasteiger charge is 2.33. The Hall–Kier alpha value is -0.420. The first kappa shape index (κ1) is 19.6. The van der Waals surface area contributed by atoms with Crippen molar-refractivity contribution in [2.75, 3.05) is 26.2 Å². The molecule has 6 heteroatoms. The van der Waals surface area contributed by atoms with E-state index in [2.05, 4.69) is 10.2 Å². The van der Waals surface area contributed by atoms with Gasteiger partial charge in [0.25, 0.3) is 0 Å². The van der Waals surface area contributed by atoms with Crippen molar-refractivity contribution < 1.29 is 8.78 Å². The second kappa shape index (κ2) is 9.02. The van der Waals surface area contributed by atoms with E-state index in [0.29, 0.717) is 11.5 Å². The van der Waals surface area contributed by atoms with Gasteiger partial charge in [-0.3, -0.25) is 4.90 Å².